The molecule has 1 N–H and O–H groups in total. The molecule has 5 heteroatoms. The molecule has 1 aromatic rings. The zero-order valence-electron chi connectivity index (χ0n) is 12.8. The molecule has 0 radical (unpaired) electrons. The van der Waals surface area contributed by atoms with Gasteiger partial charge < -0.3 is 19.7 Å². The lowest BCUT2D eigenvalue weighted by Gasteiger charge is -2.16. The number of ether oxygens (including phenoxy) is 2. The predicted octanol–water partition coefficient (Wildman–Crippen LogP) is 2.90. The van der Waals surface area contributed by atoms with Crippen molar-refractivity contribution in [2.45, 2.75) is 19.9 Å². The van der Waals surface area contributed by atoms with Crippen molar-refractivity contribution in [2.24, 2.45) is 0 Å². The molecule has 0 saturated carbocycles. The smallest absolute Gasteiger partial charge is 0.165 e. The Kier molecular flexibility index (Phi) is 7.95. The molecule has 0 heterocycles. The maximum absolute atomic E-state index is 5.72. The fourth-order valence-electron chi connectivity index (χ4n) is 1.96. The largest absolute Gasteiger partial charge is 0.493 e. The van der Waals surface area contributed by atoms with Gasteiger partial charge in [-0.2, -0.15) is 0 Å². The lowest BCUT2D eigenvalue weighted by Crippen LogP contribution is -2.21. The molecule has 0 aliphatic carbocycles. The molecule has 0 aliphatic rings. The summed E-state index contributed by atoms with van der Waals surface area (Å²) >= 11 is 3.51. The van der Waals surface area contributed by atoms with Gasteiger partial charge in [0.2, 0.25) is 0 Å². The van der Waals surface area contributed by atoms with Crippen LogP contribution < -0.4 is 14.8 Å². The Balaban J connectivity index is 2.65. The monoisotopic (exact) mass is 344 g/mol. The van der Waals surface area contributed by atoms with E-state index < -0.39 is 0 Å². The first-order valence-corrected chi connectivity index (χ1v) is 7.72. The molecule has 114 valence electrons. The van der Waals surface area contributed by atoms with E-state index in [9.17, 15) is 0 Å². The highest BCUT2D eigenvalue weighted by Gasteiger charge is 2.12. The second kappa shape index (κ2) is 9.21. The van der Waals surface area contributed by atoms with E-state index in [2.05, 4.69) is 46.3 Å². The summed E-state index contributed by atoms with van der Waals surface area (Å²) in [5, 5.41) is 3.45. The molecule has 0 atom stereocenters. The molecule has 0 amide bonds. The third-order valence-electron chi connectivity index (χ3n) is 2.88. The molecule has 20 heavy (non-hydrogen) atoms. The predicted molar refractivity (Wildman–Crippen MR) is 86.7 cm³/mol. The minimum atomic E-state index is 0.631. The molecule has 0 bridgehead atoms. The number of nitrogens with zero attached hydrogens (tertiary/aromatic N) is 1. The topological polar surface area (TPSA) is 33.7 Å². The third kappa shape index (κ3) is 5.69. The number of hydrogen-bond acceptors (Lipinski definition) is 4. The van der Waals surface area contributed by atoms with Gasteiger partial charge in [0.05, 0.1) is 13.7 Å². The summed E-state index contributed by atoms with van der Waals surface area (Å²) in [4.78, 5) is 2.19. The second-order valence-electron chi connectivity index (χ2n) is 4.86. The van der Waals surface area contributed by atoms with Gasteiger partial charge in [-0.25, -0.2) is 0 Å². The van der Waals surface area contributed by atoms with Crippen molar-refractivity contribution < 1.29 is 9.47 Å². The van der Waals surface area contributed by atoms with Gasteiger partial charge >= 0.3 is 0 Å². The van der Waals surface area contributed by atoms with Crippen LogP contribution in [0.1, 0.15) is 18.9 Å². The van der Waals surface area contributed by atoms with Crippen molar-refractivity contribution in [3.8, 4) is 11.5 Å². The van der Waals surface area contributed by atoms with Gasteiger partial charge in [-0.15, -0.1) is 0 Å². The third-order valence-corrected chi connectivity index (χ3v) is 3.34. The lowest BCUT2D eigenvalue weighted by atomic mass is 10.2. The van der Waals surface area contributed by atoms with Crippen LogP contribution in [-0.4, -0.2) is 45.8 Å². The molecular weight excluding hydrogens is 320 g/mol. The summed E-state index contributed by atoms with van der Waals surface area (Å²) in [5.41, 5.74) is 1.11. The highest BCUT2D eigenvalue weighted by Crippen LogP contribution is 2.34. The highest BCUT2D eigenvalue weighted by atomic mass is 79.9. The minimum Gasteiger partial charge on any atom is -0.493 e. The Bertz CT molecular complexity index is 411. The van der Waals surface area contributed by atoms with Crippen LogP contribution in [0.15, 0.2) is 16.6 Å². The number of methoxy groups -OCH3 is 1. The maximum atomic E-state index is 5.72. The zero-order valence-corrected chi connectivity index (χ0v) is 14.4. The molecule has 0 saturated heterocycles. The summed E-state index contributed by atoms with van der Waals surface area (Å²) in [6.07, 6.45) is 1.13. The van der Waals surface area contributed by atoms with Crippen molar-refractivity contribution in [3.63, 3.8) is 0 Å². The number of rotatable bonds is 9. The molecule has 0 spiro atoms. The molecule has 0 aliphatic heterocycles. The van der Waals surface area contributed by atoms with Gasteiger partial charge in [0.15, 0.2) is 11.5 Å². The first kappa shape index (κ1) is 17.3. The van der Waals surface area contributed by atoms with Crippen LogP contribution in [0.3, 0.4) is 0 Å². The van der Waals surface area contributed by atoms with Crippen LogP contribution in [0.2, 0.25) is 0 Å². The van der Waals surface area contributed by atoms with Crippen LogP contribution in [0.25, 0.3) is 0 Å². The van der Waals surface area contributed by atoms with Crippen LogP contribution in [0, 0.1) is 0 Å². The average Bonchev–Trinajstić information content (AvgIpc) is 2.40. The van der Waals surface area contributed by atoms with Crippen LogP contribution >= 0.6 is 15.9 Å². The van der Waals surface area contributed by atoms with Crippen molar-refractivity contribution in [1.29, 1.82) is 0 Å². The van der Waals surface area contributed by atoms with Gasteiger partial charge in [-0.05, 0) is 52.7 Å². The van der Waals surface area contributed by atoms with Gasteiger partial charge in [0.25, 0.3) is 0 Å². The Morgan fingerprint density at radius 3 is 2.65 bits per heavy atom. The Hall–Kier alpha value is -0.780. The van der Waals surface area contributed by atoms with E-state index in [-0.39, 0.29) is 0 Å². The van der Waals surface area contributed by atoms with E-state index in [0.717, 1.165) is 47.6 Å². The first-order chi connectivity index (χ1) is 9.58. The van der Waals surface area contributed by atoms with E-state index in [1.807, 2.05) is 13.0 Å². The van der Waals surface area contributed by atoms with Crippen LogP contribution in [0.4, 0.5) is 0 Å². The molecule has 1 rings (SSSR count). The number of halogens is 1. The molecule has 0 unspecified atom stereocenters. The Labute approximate surface area is 130 Å². The number of nitrogens with one attached hydrogen (secondary N) is 1. The Morgan fingerprint density at radius 2 is 2.05 bits per heavy atom. The molecule has 0 fully saturated rings. The van der Waals surface area contributed by atoms with Gasteiger partial charge in [0.1, 0.15) is 0 Å². The highest BCUT2D eigenvalue weighted by molar-refractivity contribution is 9.10. The molecular formula is C15H25BrN2O2. The van der Waals surface area contributed by atoms with Crippen LogP contribution in [-0.2, 0) is 6.54 Å². The van der Waals surface area contributed by atoms with Gasteiger partial charge in [-0.3, -0.25) is 0 Å². The maximum Gasteiger partial charge on any atom is 0.165 e. The fraction of sp³-hybridized carbons (Fsp3) is 0.600. The van der Waals surface area contributed by atoms with E-state index in [0.29, 0.717) is 6.61 Å². The molecule has 1 aromatic carbocycles. The summed E-state index contributed by atoms with van der Waals surface area (Å²) in [7, 11) is 5.84. The van der Waals surface area contributed by atoms with E-state index in [4.69, 9.17) is 9.47 Å². The lowest BCUT2D eigenvalue weighted by molar-refractivity contribution is 0.306. The van der Waals surface area contributed by atoms with Crippen molar-refractivity contribution in [1.82, 2.24) is 10.2 Å². The van der Waals surface area contributed by atoms with E-state index >= 15 is 0 Å². The van der Waals surface area contributed by atoms with Crippen molar-refractivity contribution in [2.75, 3.05) is 40.9 Å². The Morgan fingerprint density at radius 1 is 1.30 bits per heavy atom. The van der Waals surface area contributed by atoms with Crippen molar-refractivity contribution >= 4 is 15.9 Å². The average molecular weight is 345 g/mol. The number of benzene rings is 1. The summed E-state index contributed by atoms with van der Waals surface area (Å²) < 4.78 is 12.1. The summed E-state index contributed by atoms with van der Waals surface area (Å²) in [6, 6.07) is 4.01. The minimum absolute atomic E-state index is 0.631. The number of hydrogen-bond donors (Lipinski definition) is 1. The normalized spacial score (nSPS) is 10.9. The van der Waals surface area contributed by atoms with Crippen molar-refractivity contribution in [3.05, 3.63) is 22.2 Å². The summed E-state index contributed by atoms with van der Waals surface area (Å²) in [6.45, 7) is 5.46. The van der Waals surface area contributed by atoms with Crippen LogP contribution in [0.5, 0.6) is 11.5 Å². The van der Waals surface area contributed by atoms with E-state index in [1.165, 1.54) is 0 Å². The molecule has 4 nitrogen and oxygen atoms in total. The summed E-state index contributed by atoms with van der Waals surface area (Å²) in [5.74, 6) is 1.60. The molecule has 0 aromatic heterocycles. The quantitative estimate of drug-likeness (QED) is 0.698. The first-order valence-electron chi connectivity index (χ1n) is 6.93. The fourth-order valence-corrected chi connectivity index (χ4v) is 2.44. The standard InChI is InChI=1S/C15H25BrN2O2/c1-5-20-15-12(9-13(16)10-14(15)19-4)11-17-7-6-8-18(2)3/h9-10,17H,5-8,11H2,1-4H3. The SMILES string of the molecule is CCOc1c(CNCCCN(C)C)cc(Br)cc1OC. The van der Waals surface area contributed by atoms with E-state index in [1.54, 1.807) is 7.11 Å². The van der Waals surface area contributed by atoms with Gasteiger partial charge in [0, 0.05) is 16.6 Å². The zero-order chi connectivity index (χ0) is 15.0. The van der Waals surface area contributed by atoms with Gasteiger partial charge in [-0.1, -0.05) is 15.9 Å². The second-order valence-corrected chi connectivity index (χ2v) is 5.78.